The van der Waals surface area contributed by atoms with Gasteiger partial charge in [-0.05, 0) is 49.7 Å². The molecule has 0 unspecified atom stereocenters. The monoisotopic (exact) mass is 483 g/mol. The van der Waals surface area contributed by atoms with Crippen LogP contribution in [-0.2, 0) is 6.54 Å². The van der Waals surface area contributed by atoms with E-state index in [0.717, 1.165) is 23.4 Å². The average molecular weight is 484 g/mol. The Balaban J connectivity index is 1.44. The third-order valence-corrected chi connectivity index (χ3v) is 6.63. The zero-order valence-corrected chi connectivity index (χ0v) is 20.7. The van der Waals surface area contributed by atoms with Crippen LogP contribution in [0, 0.1) is 18.3 Å². The lowest BCUT2D eigenvalue weighted by Crippen LogP contribution is -2.53. The van der Waals surface area contributed by atoms with Crippen molar-refractivity contribution in [1.29, 1.82) is 5.26 Å². The Morgan fingerprint density at radius 1 is 1.11 bits per heavy atom. The van der Waals surface area contributed by atoms with Gasteiger partial charge >= 0.3 is 6.09 Å². The summed E-state index contributed by atoms with van der Waals surface area (Å²) < 4.78 is 0. The first kappa shape index (κ1) is 24.9. The minimum absolute atomic E-state index is 0.0455. The highest BCUT2D eigenvalue weighted by Gasteiger charge is 2.27. The number of amides is 2. The molecule has 0 bridgehead atoms. The van der Waals surface area contributed by atoms with E-state index in [9.17, 15) is 20.0 Å². The molecule has 8 heteroatoms. The Morgan fingerprint density at radius 2 is 1.83 bits per heavy atom. The number of hydrogen-bond donors (Lipinski definition) is 1. The van der Waals surface area contributed by atoms with Gasteiger partial charge in [-0.1, -0.05) is 30.3 Å². The van der Waals surface area contributed by atoms with Crippen molar-refractivity contribution in [2.24, 2.45) is 0 Å². The van der Waals surface area contributed by atoms with Gasteiger partial charge in [0, 0.05) is 50.5 Å². The van der Waals surface area contributed by atoms with Crippen molar-refractivity contribution >= 4 is 17.7 Å². The number of hydrogen-bond acceptors (Lipinski definition) is 5. The maximum Gasteiger partial charge on any atom is 0.407 e. The molecule has 0 radical (unpaired) electrons. The summed E-state index contributed by atoms with van der Waals surface area (Å²) in [6.45, 7) is 6.33. The number of rotatable bonds is 5. The van der Waals surface area contributed by atoms with E-state index in [1.165, 1.54) is 4.90 Å². The molecule has 1 aliphatic rings. The quantitative estimate of drug-likeness (QED) is 0.578. The second kappa shape index (κ2) is 10.6. The van der Waals surface area contributed by atoms with Crippen LogP contribution in [0.2, 0.25) is 0 Å². The zero-order valence-electron chi connectivity index (χ0n) is 20.7. The number of nitrogens with zero attached hydrogens (tertiary/aromatic N) is 5. The molecule has 2 amide bonds. The summed E-state index contributed by atoms with van der Waals surface area (Å²) in [5.74, 6) is -0.161. The van der Waals surface area contributed by atoms with Gasteiger partial charge in [-0.3, -0.25) is 14.7 Å². The molecule has 8 nitrogen and oxygen atoms in total. The molecule has 1 N–H and O–H groups in total. The van der Waals surface area contributed by atoms with E-state index in [2.05, 4.69) is 16.0 Å². The maximum absolute atomic E-state index is 13.2. The molecule has 1 aliphatic heterocycles. The molecular formula is C28H29N5O3. The number of carbonyl (C=O) groups excluding carboxylic acids is 1. The zero-order chi connectivity index (χ0) is 25.8. The fourth-order valence-electron chi connectivity index (χ4n) is 4.58. The standard InChI is InChI=1S/C28H29N5O3/c1-19-17-32(14-15-33(19)28(35)36)18-21-8-10-23(11-9-21)31(3)27(34)24-12-13-26(30-20(24)2)25-7-5-4-6-22(25)16-29/h4-13,19H,14-15,17-18H2,1-3H3,(H,35,36)/t19-/m0/s1. The van der Waals surface area contributed by atoms with Crippen molar-refractivity contribution < 1.29 is 14.7 Å². The molecule has 1 atom stereocenters. The predicted octanol–water partition coefficient (Wildman–Crippen LogP) is 4.39. The molecule has 1 aromatic heterocycles. The Morgan fingerprint density at radius 3 is 2.47 bits per heavy atom. The minimum Gasteiger partial charge on any atom is -0.465 e. The van der Waals surface area contributed by atoms with E-state index < -0.39 is 6.09 Å². The molecule has 3 aromatic rings. The third-order valence-electron chi connectivity index (χ3n) is 6.63. The fraction of sp³-hybridized carbons (Fsp3) is 0.286. The van der Waals surface area contributed by atoms with Crippen molar-refractivity contribution in [3.8, 4) is 17.3 Å². The van der Waals surface area contributed by atoms with Crippen molar-refractivity contribution in [2.45, 2.75) is 26.4 Å². The minimum atomic E-state index is -0.869. The first-order chi connectivity index (χ1) is 17.3. The first-order valence-electron chi connectivity index (χ1n) is 11.8. The van der Waals surface area contributed by atoms with Gasteiger partial charge in [-0.2, -0.15) is 5.26 Å². The maximum atomic E-state index is 13.2. The largest absolute Gasteiger partial charge is 0.465 e. The summed E-state index contributed by atoms with van der Waals surface area (Å²) in [4.78, 5) is 34.4. The number of nitriles is 1. The smallest absolute Gasteiger partial charge is 0.407 e. The lowest BCUT2D eigenvalue weighted by atomic mass is 10.0. The molecule has 0 saturated carbocycles. The molecule has 2 aromatic carbocycles. The van der Waals surface area contributed by atoms with Crippen LogP contribution in [0.25, 0.3) is 11.3 Å². The second-order valence-corrected chi connectivity index (χ2v) is 9.08. The van der Waals surface area contributed by atoms with E-state index in [0.29, 0.717) is 42.1 Å². The lowest BCUT2D eigenvalue weighted by Gasteiger charge is -2.38. The Hall–Kier alpha value is -4.22. The van der Waals surface area contributed by atoms with Gasteiger partial charge in [-0.25, -0.2) is 4.79 Å². The third kappa shape index (κ3) is 5.21. The van der Waals surface area contributed by atoms with Gasteiger partial charge in [0.25, 0.3) is 5.91 Å². The molecule has 36 heavy (non-hydrogen) atoms. The average Bonchev–Trinajstić information content (AvgIpc) is 2.88. The molecule has 0 aliphatic carbocycles. The molecule has 4 rings (SSSR count). The number of piperazine rings is 1. The molecule has 0 spiro atoms. The molecule has 1 fully saturated rings. The summed E-state index contributed by atoms with van der Waals surface area (Å²) in [5, 5.41) is 18.6. The molecule has 1 saturated heterocycles. The van der Waals surface area contributed by atoms with Crippen molar-refractivity contribution in [3.63, 3.8) is 0 Å². The van der Waals surface area contributed by atoms with Crippen LogP contribution < -0.4 is 4.90 Å². The number of anilines is 1. The van der Waals surface area contributed by atoms with Crippen LogP contribution in [-0.4, -0.2) is 64.6 Å². The summed E-state index contributed by atoms with van der Waals surface area (Å²) in [7, 11) is 1.74. The summed E-state index contributed by atoms with van der Waals surface area (Å²) >= 11 is 0. The fourth-order valence-corrected chi connectivity index (χ4v) is 4.58. The van der Waals surface area contributed by atoms with Crippen LogP contribution >= 0.6 is 0 Å². The number of aryl methyl sites for hydroxylation is 1. The van der Waals surface area contributed by atoms with Gasteiger partial charge in [0.1, 0.15) is 0 Å². The van der Waals surface area contributed by atoms with Crippen LogP contribution in [0.4, 0.5) is 10.5 Å². The van der Waals surface area contributed by atoms with E-state index in [1.54, 1.807) is 37.1 Å². The highest BCUT2D eigenvalue weighted by Crippen LogP contribution is 2.24. The van der Waals surface area contributed by atoms with Gasteiger partial charge in [0.2, 0.25) is 0 Å². The Kier molecular flexibility index (Phi) is 7.32. The van der Waals surface area contributed by atoms with Crippen molar-refractivity contribution in [1.82, 2.24) is 14.8 Å². The van der Waals surface area contributed by atoms with Crippen molar-refractivity contribution in [2.75, 3.05) is 31.6 Å². The molecule has 2 heterocycles. The van der Waals surface area contributed by atoms with Gasteiger partial charge in [0.05, 0.1) is 28.6 Å². The van der Waals surface area contributed by atoms with Crippen LogP contribution in [0.5, 0.6) is 0 Å². The van der Waals surface area contributed by atoms with E-state index in [-0.39, 0.29) is 11.9 Å². The summed E-state index contributed by atoms with van der Waals surface area (Å²) in [6.07, 6.45) is -0.869. The van der Waals surface area contributed by atoms with Gasteiger partial charge in [-0.15, -0.1) is 0 Å². The molecule has 184 valence electrons. The normalized spacial score (nSPS) is 15.8. The molecular weight excluding hydrogens is 454 g/mol. The van der Waals surface area contributed by atoms with Gasteiger partial charge in [0.15, 0.2) is 0 Å². The van der Waals surface area contributed by atoms with Crippen LogP contribution in [0.3, 0.4) is 0 Å². The number of carbonyl (C=O) groups is 2. The number of benzene rings is 2. The number of aromatic nitrogens is 1. The van der Waals surface area contributed by atoms with E-state index in [1.807, 2.05) is 49.4 Å². The Bertz CT molecular complexity index is 1320. The van der Waals surface area contributed by atoms with E-state index in [4.69, 9.17) is 0 Å². The van der Waals surface area contributed by atoms with Gasteiger partial charge < -0.3 is 14.9 Å². The second-order valence-electron chi connectivity index (χ2n) is 9.08. The van der Waals surface area contributed by atoms with E-state index >= 15 is 0 Å². The predicted molar refractivity (Wildman–Crippen MR) is 138 cm³/mol. The number of pyridine rings is 1. The first-order valence-corrected chi connectivity index (χ1v) is 11.8. The highest BCUT2D eigenvalue weighted by molar-refractivity contribution is 6.06. The summed E-state index contributed by atoms with van der Waals surface area (Å²) in [5.41, 5.74) is 4.92. The van der Waals surface area contributed by atoms with Crippen molar-refractivity contribution in [3.05, 3.63) is 83.0 Å². The Labute approximate surface area is 211 Å². The SMILES string of the molecule is Cc1nc(-c2ccccc2C#N)ccc1C(=O)N(C)c1ccc(CN2CCN(C(=O)O)[C@@H](C)C2)cc1. The highest BCUT2D eigenvalue weighted by atomic mass is 16.4. The van der Waals surface area contributed by atoms with Crippen LogP contribution in [0.15, 0.2) is 60.7 Å². The lowest BCUT2D eigenvalue weighted by molar-refractivity contribution is 0.0711. The topological polar surface area (TPSA) is 101 Å². The van der Waals surface area contributed by atoms with Crippen LogP contribution in [0.1, 0.15) is 34.1 Å². The summed E-state index contributed by atoms with van der Waals surface area (Å²) in [6, 6.07) is 20.8. The number of carboxylic acid groups (broad SMARTS) is 1.